The fourth-order valence-electron chi connectivity index (χ4n) is 3.61. The number of hydrogen-bond donors (Lipinski definition) is 3. The monoisotopic (exact) mass is 333 g/mol. The number of rotatable bonds is 7. The van der Waals surface area contributed by atoms with Gasteiger partial charge in [-0.2, -0.15) is 0 Å². The molecule has 0 aliphatic carbocycles. The summed E-state index contributed by atoms with van der Waals surface area (Å²) in [6.45, 7) is 8.52. The third-order valence-electron chi connectivity index (χ3n) is 4.57. The summed E-state index contributed by atoms with van der Waals surface area (Å²) in [6.07, 6.45) is 2.27. The number of carbonyl (C=O) groups excluding carboxylic acids is 1. The Hall–Kier alpha value is -1.59. The lowest BCUT2D eigenvalue weighted by atomic mass is 9.92. The maximum atomic E-state index is 12.0. The Morgan fingerprint density at radius 1 is 1.25 bits per heavy atom. The number of hydrogen-bond acceptors (Lipinski definition) is 3. The van der Waals surface area contributed by atoms with Gasteiger partial charge in [0.1, 0.15) is 0 Å². The van der Waals surface area contributed by atoms with E-state index in [0.29, 0.717) is 6.54 Å². The van der Waals surface area contributed by atoms with Crippen LogP contribution in [0.15, 0.2) is 30.3 Å². The van der Waals surface area contributed by atoms with Crippen LogP contribution in [0.5, 0.6) is 0 Å². The third kappa shape index (κ3) is 6.13. The van der Waals surface area contributed by atoms with E-state index >= 15 is 0 Å². The van der Waals surface area contributed by atoms with Gasteiger partial charge in [0, 0.05) is 19.6 Å². The Morgan fingerprint density at radius 2 is 1.92 bits per heavy atom. The van der Waals surface area contributed by atoms with Crippen LogP contribution < -0.4 is 10.6 Å². The number of benzene rings is 1. The zero-order valence-corrected chi connectivity index (χ0v) is 14.9. The third-order valence-corrected chi connectivity index (χ3v) is 4.57. The van der Waals surface area contributed by atoms with Gasteiger partial charge in [-0.15, -0.1) is 0 Å². The van der Waals surface area contributed by atoms with Gasteiger partial charge in [0.2, 0.25) is 0 Å². The van der Waals surface area contributed by atoms with Crippen LogP contribution in [-0.4, -0.2) is 48.8 Å². The lowest BCUT2D eigenvalue weighted by Crippen LogP contribution is -2.42. The minimum atomic E-state index is -0.366. The summed E-state index contributed by atoms with van der Waals surface area (Å²) in [5.41, 5.74) is 0.909. The molecular formula is C19H31N3O2. The smallest absolute Gasteiger partial charge is 0.315 e. The van der Waals surface area contributed by atoms with Gasteiger partial charge in [-0.05, 0) is 36.8 Å². The molecular weight excluding hydrogens is 302 g/mol. The predicted molar refractivity (Wildman–Crippen MR) is 96.8 cm³/mol. The number of aliphatic hydroxyl groups excluding tert-OH is 1. The summed E-state index contributed by atoms with van der Waals surface area (Å²) in [5, 5.41) is 15.2. The van der Waals surface area contributed by atoms with Gasteiger partial charge >= 0.3 is 6.03 Å². The van der Waals surface area contributed by atoms with E-state index in [2.05, 4.69) is 29.4 Å². The first kappa shape index (κ1) is 18.7. The van der Waals surface area contributed by atoms with E-state index in [1.54, 1.807) is 0 Å². The van der Waals surface area contributed by atoms with Crippen molar-refractivity contribution in [2.75, 3.05) is 32.8 Å². The van der Waals surface area contributed by atoms with Gasteiger partial charge in [0.15, 0.2) is 0 Å². The Bertz CT molecular complexity index is 485. The molecule has 0 bridgehead atoms. The Labute approximate surface area is 145 Å². The number of aliphatic hydroxyl groups is 1. The molecule has 0 saturated carbocycles. The van der Waals surface area contributed by atoms with E-state index in [9.17, 15) is 9.90 Å². The molecule has 3 unspecified atom stereocenters. The minimum Gasteiger partial charge on any atom is -0.394 e. The van der Waals surface area contributed by atoms with Gasteiger partial charge < -0.3 is 20.6 Å². The van der Waals surface area contributed by atoms with E-state index in [4.69, 9.17) is 0 Å². The Morgan fingerprint density at radius 3 is 2.54 bits per heavy atom. The Kier molecular flexibility index (Phi) is 7.53. The number of nitrogens with one attached hydrogen (secondary N) is 2. The van der Waals surface area contributed by atoms with Crippen molar-refractivity contribution in [2.24, 2.45) is 11.8 Å². The van der Waals surface area contributed by atoms with Gasteiger partial charge in [-0.25, -0.2) is 4.79 Å². The van der Waals surface area contributed by atoms with Crippen molar-refractivity contribution in [1.29, 1.82) is 0 Å². The molecule has 3 N–H and O–H groups in total. The average molecular weight is 333 g/mol. The topological polar surface area (TPSA) is 64.6 Å². The largest absolute Gasteiger partial charge is 0.394 e. The number of urea groups is 1. The second kappa shape index (κ2) is 9.64. The van der Waals surface area contributed by atoms with Crippen molar-refractivity contribution in [1.82, 2.24) is 15.5 Å². The standard InChI is InChI=1S/C19H31N3O2/c1-15-11-16(2)13-22(12-15)10-6-9-20-19(24)21-18(14-23)17-7-4-3-5-8-17/h3-5,7-8,15-16,18,23H,6,9-14H2,1-2H3,(H2,20,21,24). The van der Waals surface area contributed by atoms with Crippen LogP contribution in [0, 0.1) is 11.8 Å². The maximum Gasteiger partial charge on any atom is 0.315 e. The molecule has 1 saturated heterocycles. The normalized spacial score (nSPS) is 22.8. The van der Waals surface area contributed by atoms with E-state index in [1.807, 2.05) is 30.3 Å². The predicted octanol–water partition coefficient (Wildman–Crippen LogP) is 2.39. The number of carbonyl (C=O) groups is 1. The fraction of sp³-hybridized carbons (Fsp3) is 0.632. The molecule has 1 heterocycles. The molecule has 3 atom stereocenters. The molecule has 2 rings (SSSR count). The van der Waals surface area contributed by atoms with E-state index in [-0.39, 0.29) is 18.7 Å². The zero-order valence-electron chi connectivity index (χ0n) is 14.9. The second-order valence-corrected chi connectivity index (χ2v) is 7.11. The van der Waals surface area contributed by atoms with Gasteiger partial charge in [0.25, 0.3) is 0 Å². The first-order valence-corrected chi connectivity index (χ1v) is 9.01. The quantitative estimate of drug-likeness (QED) is 0.671. The van der Waals surface area contributed by atoms with Gasteiger partial charge in [-0.1, -0.05) is 44.2 Å². The molecule has 1 aromatic carbocycles. The molecule has 0 spiro atoms. The first-order chi connectivity index (χ1) is 11.6. The lowest BCUT2D eigenvalue weighted by molar-refractivity contribution is 0.139. The molecule has 0 aromatic heterocycles. The molecule has 0 radical (unpaired) electrons. The summed E-state index contributed by atoms with van der Waals surface area (Å²) >= 11 is 0. The summed E-state index contributed by atoms with van der Waals surface area (Å²) in [5.74, 6) is 1.53. The van der Waals surface area contributed by atoms with Crippen molar-refractivity contribution >= 4 is 6.03 Å². The molecule has 2 amide bonds. The highest BCUT2D eigenvalue weighted by molar-refractivity contribution is 5.74. The molecule has 1 aromatic rings. The molecule has 1 aliphatic heterocycles. The van der Waals surface area contributed by atoms with Crippen LogP contribution in [0.2, 0.25) is 0 Å². The molecule has 1 fully saturated rings. The second-order valence-electron chi connectivity index (χ2n) is 7.11. The van der Waals surface area contributed by atoms with Gasteiger partial charge in [0.05, 0.1) is 12.6 Å². The molecule has 134 valence electrons. The minimum absolute atomic E-state index is 0.110. The van der Waals surface area contributed by atoms with Crippen molar-refractivity contribution < 1.29 is 9.90 Å². The van der Waals surface area contributed by atoms with Crippen LogP contribution >= 0.6 is 0 Å². The highest BCUT2D eigenvalue weighted by Gasteiger charge is 2.21. The van der Waals surface area contributed by atoms with Crippen LogP contribution in [0.4, 0.5) is 4.79 Å². The van der Waals surface area contributed by atoms with Crippen LogP contribution in [0.3, 0.4) is 0 Å². The van der Waals surface area contributed by atoms with Crippen molar-refractivity contribution in [3.8, 4) is 0 Å². The highest BCUT2D eigenvalue weighted by atomic mass is 16.3. The molecule has 1 aliphatic rings. The maximum absolute atomic E-state index is 12.0. The van der Waals surface area contributed by atoms with Crippen molar-refractivity contribution in [2.45, 2.75) is 32.7 Å². The lowest BCUT2D eigenvalue weighted by Gasteiger charge is -2.34. The van der Waals surface area contributed by atoms with Crippen molar-refractivity contribution in [3.63, 3.8) is 0 Å². The number of likely N-dealkylation sites (tertiary alicyclic amines) is 1. The average Bonchev–Trinajstić information content (AvgIpc) is 2.56. The zero-order chi connectivity index (χ0) is 17.4. The van der Waals surface area contributed by atoms with Crippen LogP contribution in [-0.2, 0) is 0 Å². The van der Waals surface area contributed by atoms with Crippen LogP contribution in [0.25, 0.3) is 0 Å². The van der Waals surface area contributed by atoms with E-state index < -0.39 is 0 Å². The van der Waals surface area contributed by atoms with Crippen molar-refractivity contribution in [3.05, 3.63) is 35.9 Å². The van der Waals surface area contributed by atoms with Gasteiger partial charge in [-0.3, -0.25) is 0 Å². The SMILES string of the molecule is CC1CC(C)CN(CCCNC(=O)NC(CO)c2ccccc2)C1. The van der Waals surface area contributed by atoms with E-state index in [1.165, 1.54) is 6.42 Å². The summed E-state index contributed by atoms with van der Waals surface area (Å²) in [6, 6.07) is 8.93. The first-order valence-electron chi connectivity index (χ1n) is 9.01. The Balaban J connectivity index is 1.66. The number of amides is 2. The summed E-state index contributed by atoms with van der Waals surface area (Å²) < 4.78 is 0. The summed E-state index contributed by atoms with van der Waals surface area (Å²) in [7, 11) is 0. The highest BCUT2D eigenvalue weighted by Crippen LogP contribution is 2.20. The van der Waals surface area contributed by atoms with Crippen LogP contribution in [0.1, 0.15) is 38.3 Å². The molecule has 5 heteroatoms. The van der Waals surface area contributed by atoms with E-state index in [0.717, 1.165) is 43.5 Å². The number of piperidine rings is 1. The fourth-order valence-corrected chi connectivity index (χ4v) is 3.61. The summed E-state index contributed by atoms with van der Waals surface area (Å²) in [4.78, 5) is 14.5. The molecule has 24 heavy (non-hydrogen) atoms. The number of nitrogens with zero attached hydrogens (tertiary/aromatic N) is 1. The molecule has 5 nitrogen and oxygen atoms in total.